The lowest BCUT2D eigenvalue weighted by molar-refractivity contribution is -0.385. The largest absolute Gasteiger partial charge is 0.471 e. The number of hydrogen-bond acceptors (Lipinski definition) is 7. The van der Waals surface area contributed by atoms with Crippen molar-refractivity contribution in [3.8, 4) is 5.88 Å². The van der Waals surface area contributed by atoms with Gasteiger partial charge in [0.05, 0.1) is 4.92 Å². The van der Waals surface area contributed by atoms with Crippen LogP contribution in [0.1, 0.15) is 26.2 Å². The number of ether oxygens (including phenoxy) is 1. The highest BCUT2D eigenvalue weighted by Crippen LogP contribution is 2.31. The van der Waals surface area contributed by atoms with E-state index in [4.69, 9.17) is 4.74 Å². The first-order valence-corrected chi connectivity index (χ1v) is 7.19. The summed E-state index contributed by atoms with van der Waals surface area (Å²) in [6, 6.07) is 0.274. The monoisotopic (exact) mass is 295 g/mol. The molecule has 1 aliphatic heterocycles. The molecule has 8 heteroatoms. The number of anilines is 1. The van der Waals surface area contributed by atoms with Crippen molar-refractivity contribution >= 4 is 11.5 Å². The van der Waals surface area contributed by atoms with Crippen LogP contribution in [0.2, 0.25) is 0 Å². The van der Waals surface area contributed by atoms with Gasteiger partial charge in [-0.2, -0.15) is 4.98 Å². The fraction of sp³-hybridized carbons (Fsp3) is 0.692. The van der Waals surface area contributed by atoms with Crippen LogP contribution in [0.4, 0.5) is 11.5 Å². The number of nitrogens with zero attached hydrogens (tertiary/aromatic N) is 4. The lowest BCUT2D eigenvalue weighted by atomic mass is 10.0. The van der Waals surface area contributed by atoms with E-state index in [9.17, 15) is 10.1 Å². The third-order valence-electron chi connectivity index (χ3n) is 3.65. The third-order valence-corrected chi connectivity index (χ3v) is 3.65. The Morgan fingerprint density at radius 1 is 1.52 bits per heavy atom. The van der Waals surface area contributed by atoms with Crippen molar-refractivity contribution in [2.45, 2.75) is 32.2 Å². The summed E-state index contributed by atoms with van der Waals surface area (Å²) in [6.07, 6.45) is 4.67. The van der Waals surface area contributed by atoms with Crippen LogP contribution in [-0.4, -0.2) is 52.6 Å². The van der Waals surface area contributed by atoms with Gasteiger partial charge in [-0.25, -0.2) is 4.98 Å². The van der Waals surface area contributed by atoms with Crippen molar-refractivity contribution in [2.24, 2.45) is 0 Å². The smallest absolute Gasteiger partial charge is 0.372 e. The molecule has 21 heavy (non-hydrogen) atoms. The van der Waals surface area contributed by atoms with Crippen LogP contribution < -0.4 is 10.1 Å². The zero-order valence-corrected chi connectivity index (χ0v) is 12.4. The highest BCUT2D eigenvalue weighted by atomic mass is 16.6. The number of aromatic nitrogens is 2. The molecular weight excluding hydrogens is 274 g/mol. The second-order valence-corrected chi connectivity index (χ2v) is 5.10. The normalized spacial score (nSPS) is 19.2. The van der Waals surface area contributed by atoms with E-state index in [0.29, 0.717) is 13.2 Å². The maximum Gasteiger partial charge on any atom is 0.372 e. The number of nitrogens with one attached hydrogen (secondary N) is 1. The molecule has 0 spiro atoms. The number of hydrogen-bond donors (Lipinski definition) is 1. The van der Waals surface area contributed by atoms with Crippen LogP contribution in [0.3, 0.4) is 0 Å². The van der Waals surface area contributed by atoms with Gasteiger partial charge in [0, 0.05) is 12.6 Å². The summed E-state index contributed by atoms with van der Waals surface area (Å²) in [4.78, 5) is 20.8. The van der Waals surface area contributed by atoms with Crippen LogP contribution in [-0.2, 0) is 0 Å². The van der Waals surface area contributed by atoms with Gasteiger partial charge in [-0.15, -0.1) is 0 Å². The van der Waals surface area contributed by atoms with Crippen molar-refractivity contribution < 1.29 is 9.66 Å². The van der Waals surface area contributed by atoms with E-state index in [1.807, 2.05) is 14.0 Å². The molecule has 0 saturated carbocycles. The van der Waals surface area contributed by atoms with E-state index in [-0.39, 0.29) is 23.4 Å². The molecule has 0 aliphatic carbocycles. The molecule has 1 fully saturated rings. The SMILES string of the molecule is CCNc1ncnc(OCC2CCCCN2C)c1[N+](=O)[O-]. The molecular formula is C13H21N5O3. The topological polar surface area (TPSA) is 93.4 Å². The van der Waals surface area contributed by atoms with Crippen LogP contribution in [0.25, 0.3) is 0 Å². The minimum absolute atomic E-state index is 0.0323. The zero-order chi connectivity index (χ0) is 15.2. The predicted octanol–water partition coefficient (Wildman–Crippen LogP) is 1.68. The Kier molecular flexibility index (Phi) is 5.26. The van der Waals surface area contributed by atoms with Crippen molar-refractivity contribution in [2.75, 3.05) is 32.1 Å². The van der Waals surface area contributed by atoms with Gasteiger partial charge in [0.15, 0.2) is 0 Å². The van der Waals surface area contributed by atoms with Crippen LogP contribution in [0.15, 0.2) is 6.33 Å². The van der Waals surface area contributed by atoms with Gasteiger partial charge in [0.25, 0.3) is 5.88 Å². The fourth-order valence-electron chi connectivity index (χ4n) is 2.46. The number of nitro groups is 1. The Morgan fingerprint density at radius 2 is 2.33 bits per heavy atom. The summed E-state index contributed by atoms with van der Waals surface area (Å²) in [5.74, 6) is 0.231. The summed E-state index contributed by atoms with van der Waals surface area (Å²) in [5.41, 5.74) is -0.196. The Labute approximate surface area is 123 Å². The van der Waals surface area contributed by atoms with Crippen LogP contribution in [0, 0.1) is 10.1 Å². The highest BCUT2D eigenvalue weighted by molar-refractivity contribution is 5.60. The molecule has 1 unspecified atom stereocenters. The van der Waals surface area contributed by atoms with Gasteiger partial charge < -0.3 is 15.0 Å². The van der Waals surface area contributed by atoms with Crippen LogP contribution >= 0.6 is 0 Å². The molecule has 1 aromatic rings. The van der Waals surface area contributed by atoms with E-state index in [0.717, 1.165) is 19.4 Å². The molecule has 0 aromatic carbocycles. The molecule has 116 valence electrons. The molecule has 2 heterocycles. The summed E-state index contributed by atoms with van der Waals surface area (Å²) in [6.45, 7) is 3.83. The number of likely N-dealkylation sites (N-methyl/N-ethyl adjacent to an activating group) is 1. The average Bonchev–Trinajstić information content (AvgIpc) is 2.46. The lowest BCUT2D eigenvalue weighted by Crippen LogP contribution is -2.40. The van der Waals surface area contributed by atoms with Gasteiger partial charge in [-0.05, 0) is 33.4 Å². The third kappa shape index (κ3) is 3.78. The molecule has 1 saturated heterocycles. The number of likely N-dealkylation sites (tertiary alicyclic amines) is 1. The minimum Gasteiger partial charge on any atom is -0.471 e. The quantitative estimate of drug-likeness (QED) is 0.630. The molecule has 0 radical (unpaired) electrons. The van der Waals surface area contributed by atoms with E-state index in [1.165, 1.54) is 12.7 Å². The number of rotatable bonds is 6. The highest BCUT2D eigenvalue weighted by Gasteiger charge is 2.26. The van der Waals surface area contributed by atoms with E-state index < -0.39 is 4.92 Å². The first-order valence-electron chi connectivity index (χ1n) is 7.19. The fourth-order valence-corrected chi connectivity index (χ4v) is 2.46. The lowest BCUT2D eigenvalue weighted by Gasteiger charge is -2.31. The van der Waals surface area contributed by atoms with Gasteiger partial charge >= 0.3 is 5.69 Å². The van der Waals surface area contributed by atoms with Gasteiger partial charge in [-0.1, -0.05) is 6.42 Å². The van der Waals surface area contributed by atoms with Gasteiger partial charge in [0.2, 0.25) is 5.82 Å². The van der Waals surface area contributed by atoms with E-state index in [2.05, 4.69) is 20.2 Å². The molecule has 1 N–H and O–H groups in total. The average molecular weight is 295 g/mol. The van der Waals surface area contributed by atoms with E-state index >= 15 is 0 Å². The first-order chi connectivity index (χ1) is 10.1. The molecule has 1 atom stereocenters. The molecule has 1 aliphatic rings. The van der Waals surface area contributed by atoms with E-state index in [1.54, 1.807) is 0 Å². The van der Waals surface area contributed by atoms with Gasteiger partial charge in [-0.3, -0.25) is 10.1 Å². The van der Waals surface area contributed by atoms with Crippen molar-refractivity contribution in [1.29, 1.82) is 0 Å². The molecule has 0 bridgehead atoms. The summed E-state index contributed by atoms with van der Waals surface area (Å²) in [7, 11) is 2.05. The van der Waals surface area contributed by atoms with Crippen LogP contribution in [0.5, 0.6) is 5.88 Å². The molecule has 2 rings (SSSR count). The number of piperidine rings is 1. The maximum absolute atomic E-state index is 11.2. The molecule has 0 amide bonds. The van der Waals surface area contributed by atoms with Gasteiger partial charge in [0.1, 0.15) is 12.9 Å². The predicted molar refractivity (Wildman–Crippen MR) is 78.6 cm³/mol. The maximum atomic E-state index is 11.2. The summed E-state index contributed by atoms with van der Waals surface area (Å²) >= 11 is 0. The second kappa shape index (κ2) is 7.16. The summed E-state index contributed by atoms with van der Waals surface area (Å²) < 4.78 is 5.62. The Balaban J connectivity index is 2.11. The standard InChI is InChI=1S/C13H21N5O3/c1-3-14-12-11(18(19)20)13(16-9-15-12)21-8-10-6-4-5-7-17(10)2/h9-10H,3-8H2,1-2H3,(H,14,15,16). The Bertz CT molecular complexity index is 497. The first kappa shape index (κ1) is 15.4. The second-order valence-electron chi connectivity index (χ2n) is 5.10. The minimum atomic E-state index is -0.502. The van der Waals surface area contributed by atoms with Crippen molar-refractivity contribution in [3.05, 3.63) is 16.4 Å². The van der Waals surface area contributed by atoms with Crippen molar-refractivity contribution in [1.82, 2.24) is 14.9 Å². The molecule has 8 nitrogen and oxygen atoms in total. The Morgan fingerprint density at radius 3 is 3.00 bits per heavy atom. The van der Waals surface area contributed by atoms with Crippen molar-refractivity contribution in [3.63, 3.8) is 0 Å². The molecule has 1 aromatic heterocycles. The summed E-state index contributed by atoms with van der Waals surface area (Å²) in [5, 5.41) is 14.1. The Hall–Kier alpha value is -1.96. The zero-order valence-electron chi connectivity index (χ0n) is 12.4.